The maximum atomic E-state index is 12.1. The number of aryl methyl sites for hydroxylation is 1. The molecule has 0 saturated heterocycles. The van der Waals surface area contributed by atoms with Crippen molar-refractivity contribution in [3.8, 4) is 0 Å². The number of nitrogens with one attached hydrogen (secondary N) is 3. The molecule has 2 heterocycles. The van der Waals surface area contributed by atoms with Crippen LogP contribution in [-0.4, -0.2) is 19.9 Å². The van der Waals surface area contributed by atoms with Crippen molar-refractivity contribution in [2.45, 2.75) is 6.92 Å². The molecular formula is C16H13ClN4O2. The van der Waals surface area contributed by atoms with Crippen molar-refractivity contribution in [1.82, 2.24) is 19.9 Å². The monoisotopic (exact) mass is 328 g/mol. The first-order chi connectivity index (χ1) is 11.0. The first-order valence-electron chi connectivity index (χ1n) is 6.84. The van der Waals surface area contributed by atoms with Crippen LogP contribution in [0.25, 0.3) is 12.2 Å². The Morgan fingerprint density at radius 3 is 2.17 bits per heavy atom. The zero-order valence-electron chi connectivity index (χ0n) is 12.2. The minimum Gasteiger partial charge on any atom is -0.348 e. The van der Waals surface area contributed by atoms with Crippen molar-refractivity contribution >= 4 is 23.8 Å². The molecule has 0 fully saturated rings. The summed E-state index contributed by atoms with van der Waals surface area (Å²) < 4.78 is 0. The summed E-state index contributed by atoms with van der Waals surface area (Å²) in [6.45, 7) is 1.83. The predicted octanol–water partition coefficient (Wildman–Crippen LogP) is 0.406. The molecule has 1 aromatic carbocycles. The van der Waals surface area contributed by atoms with Crippen molar-refractivity contribution in [3.63, 3.8) is 0 Å². The third-order valence-electron chi connectivity index (χ3n) is 3.32. The lowest BCUT2D eigenvalue weighted by Gasteiger charge is -1.94. The second kappa shape index (κ2) is 6.10. The van der Waals surface area contributed by atoms with Gasteiger partial charge in [-0.25, -0.2) is 4.98 Å². The lowest BCUT2D eigenvalue weighted by Crippen LogP contribution is -2.46. The molecular weight excluding hydrogens is 316 g/mol. The zero-order valence-corrected chi connectivity index (χ0v) is 12.9. The van der Waals surface area contributed by atoms with Gasteiger partial charge in [0.1, 0.15) is 10.7 Å². The van der Waals surface area contributed by atoms with Gasteiger partial charge in [0.25, 0.3) is 11.1 Å². The van der Waals surface area contributed by atoms with Gasteiger partial charge >= 0.3 is 0 Å². The highest BCUT2D eigenvalue weighted by Gasteiger charge is 2.00. The van der Waals surface area contributed by atoms with Crippen LogP contribution >= 0.6 is 11.6 Å². The smallest absolute Gasteiger partial charge is 0.272 e. The minimum atomic E-state index is -0.396. The molecule has 3 rings (SSSR count). The van der Waals surface area contributed by atoms with E-state index in [0.29, 0.717) is 10.7 Å². The van der Waals surface area contributed by atoms with E-state index >= 15 is 0 Å². The van der Waals surface area contributed by atoms with Crippen LogP contribution in [0.1, 0.15) is 17.0 Å². The molecule has 3 N–H and O–H groups in total. The van der Waals surface area contributed by atoms with Gasteiger partial charge < -0.3 is 15.0 Å². The number of nitrogens with zero attached hydrogens (tertiary/aromatic N) is 1. The van der Waals surface area contributed by atoms with Crippen molar-refractivity contribution < 1.29 is 0 Å². The molecule has 0 aliphatic heterocycles. The van der Waals surface area contributed by atoms with Crippen LogP contribution in [0, 0.1) is 6.92 Å². The molecule has 7 heteroatoms. The summed E-state index contributed by atoms with van der Waals surface area (Å²) in [7, 11) is 0. The molecule has 6 nitrogen and oxygen atoms in total. The highest BCUT2D eigenvalue weighted by Crippen LogP contribution is 2.09. The number of aromatic amines is 3. The van der Waals surface area contributed by atoms with E-state index in [1.54, 1.807) is 30.3 Å². The van der Waals surface area contributed by atoms with Crippen LogP contribution < -0.4 is 21.8 Å². The fourth-order valence-corrected chi connectivity index (χ4v) is 2.20. The van der Waals surface area contributed by atoms with Gasteiger partial charge in [0, 0.05) is 10.7 Å². The van der Waals surface area contributed by atoms with Gasteiger partial charge in [-0.2, -0.15) is 0 Å². The molecule has 0 radical (unpaired) electrons. The molecule has 116 valence electrons. The van der Waals surface area contributed by atoms with Crippen molar-refractivity contribution in [3.05, 3.63) is 84.0 Å². The molecule has 0 aliphatic rings. The Morgan fingerprint density at radius 2 is 1.61 bits per heavy atom. The van der Waals surface area contributed by atoms with Gasteiger partial charge in [-0.15, -0.1) is 0 Å². The summed E-state index contributed by atoms with van der Waals surface area (Å²) in [5, 5.41) is 0.926. The van der Waals surface area contributed by atoms with E-state index in [1.807, 2.05) is 6.92 Å². The number of hydrogen-bond donors (Lipinski definition) is 3. The molecule has 0 atom stereocenters. The molecule has 23 heavy (non-hydrogen) atoms. The van der Waals surface area contributed by atoms with E-state index in [9.17, 15) is 9.59 Å². The normalized spacial score (nSPS) is 12.8. The summed E-state index contributed by atoms with van der Waals surface area (Å²) in [4.78, 5) is 36.4. The van der Waals surface area contributed by atoms with E-state index in [0.717, 1.165) is 11.3 Å². The number of imidazole rings is 1. The summed E-state index contributed by atoms with van der Waals surface area (Å²) in [6, 6.07) is 6.94. The number of rotatable bonds is 2. The zero-order chi connectivity index (χ0) is 16.4. The first kappa shape index (κ1) is 15.1. The number of aromatic nitrogens is 4. The van der Waals surface area contributed by atoms with E-state index in [2.05, 4.69) is 19.9 Å². The Hall–Kier alpha value is -2.86. The average molecular weight is 329 g/mol. The summed E-state index contributed by atoms with van der Waals surface area (Å²) in [5.74, 6) is 0. The fraction of sp³-hybridized carbons (Fsp3) is 0.0625. The Labute approximate surface area is 135 Å². The van der Waals surface area contributed by atoms with E-state index in [4.69, 9.17) is 11.6 Å². The number of benzene rings is 1. The van der Waals surface area contributed by atoms with Crippen LogP contribution in [0.3, 0.4) is 0 Å². The lowest BCUT2D eigenvalue weighted by atomic mass is 10.2. The maximum absolute atomic E-state index is 12.1. The van der Waals surface area contributed by atoms with E-state index in [-0.39, 0.29) is 16.3 Å². The Kier molecular flexibility index (Phi) is 3.99. The molecule has 0 saturated carbocycles. The topological polar surface area (TPSA) is 94.4 Å². The van der Waals surface area contributed by atoms with Gasteiger partial charge in [-0.3, -0.25) is 9.59 Å². The fourth-order valence-electron chi connectivity index (χ4n) is 2.07. The molecule has 0 bridgehead atoms. The van der Waals surface area contributed by atoms with E-state index in [1.165, 1.54) is 12.4 Å². The third-order valence-corrected chi connectivity index (χ3v) is 3.57. The number of hydrogen-bond acceptors (Lipinski definition) is 3. The van der Waals surface area contributed by atoms with Crippen molar-refractivity contribution in [2.24, 2.45) is 0 Å². The van der Waals surface area contributed by atoms with Gasteiger partial charge in [0.2, 0.25) is 0 Å². The molecule has 3 aromatic rings. The van der Waals surface area contributed by atoms with Gasteiger partial charge in [-0.1, -0.05) is 23.7 Å². The highest BCUT2D eigenvalue weighted by molar-refractivity contribution is 6.30. The second-order valence-electron chi connectivity index (χ2n) is 4.99. The summed E-state index contributed by atoms with van der Waals surface area (Å²) in [6.07, 6.45) is 4.63. The molecule has 0 unspecified atom stereocenters. The minimum absolute atomic E-state index is 0.151. The average Bonchev–Trinajstić information content (AvgIpc) is 2.92. The van der Waals surface area contributed by atoms with Crippen molar-refractivity contribution in [1.29, 1.82) is 0 Å². The lowest BCUT2D eigenvalue weighted by molar-refractivity contribution is 1.00. The Morgan fingerprint density at radius 1 is 1.00 bits per heavy atom. The molecule has 0 aliphatic carbocycles. The SMILES string of the molecule is Cc1[nH]cnc1/C=c1\[nH]c(=O)/c(=C/c2ccc(Cl)cc2)[nH]c1=O. The Balaban J connectivity index is 2.13. The van der Waals surface area contributed by atoms with Crippen LogP contribution in [-0.2, 0) is 0 Å². The Bertz CT molecular complexity index is 1070. The molecule has 0 amide bonds. The quantitative estimate of drug-likeness (QED) is 0.636. The standard InChI is InChI=1S/C16H13ClN4O2/c1-9-12(19-8-18-9)7-14-16(23)20-13(15(22)21-14)6-10-2-4-11(17)5-3-10/h2-8H,1H3,(H,18,19)(H,20,23)(H,21,22)/b13-6-,14-7-. The maximum Gasteiger partial charge on any atom is 0.272 e. The number of halogens is 1. The first-order valence-corrected chi connectivity index (χ1v) is 7.22. The summed E-state index contributed by atoms with van der Waals surface area (Å²) >= 11 is 5.82. The predicted molar refractivity (Wildman–Crippen MR) is 88.8 cm³/mol. The van der Waals surface area contributed by atoms with Crippen LogP contribution in [0.4, 0.5) is 0 Å². The molecule has 2 aromatic heterocycles. The van der Waals surface area contributed by atoms with Crippen molar-refractivity contribution in [2.75, 3.05) is 0 Å². The van der Waals surface area contributed by atoms with Gasteiger partial charge in [-0.05, 0) is 36.8 Å². The third kappa shape index (κ3) is 3.32. The second-order valence-corrected chi connectivity index (χ2v) is 5.43. The van der Waals surface area contributed by atoms with Crippen LogP contribution in [0.2, 0.25) is 5.02 Å². The summed E-state index contributed by atoms with van der Waals surface area (Å²) in [5.41, 5.74) is 1.38. The van der Waals surface area contributed by atoms with Crippen LogP contribution in [0.15, 0.2) is 40.2 Å². The van der Waals surface area contributed by atoms with Gasteiger partial charge in [0.15, 0.2) is 0 Å². The van der Waals surface area contributed by atoms with Gasteiger partial charge in [0.05, 0.1) is 12.0 Å². The van der Waals surface area contributed by atoms with E-state index < -0.39 is 5.56 Å². The number of H-pyrrole nitrogens is 3. The van der Waals surface area contributed by atoms with Crippen LogP contribution in [0.5, 0.6) is 0 Å². The largest absolute Gasteiger partial charge is 0.348 e. The molecule has 0 spiro atoms. The highest BCUT2D eigenvalue weighted by atomic mass is 35.5.